The molecule has 0 aliphatic heterocycles. The van der Waals surface area contributed by atoms with E-state index in [9.17, 15) is 9.90 Å². The van der Waals surface area contributed by atoms with Crippen molar-refractivity contribution in [2.24, 2.45) is 11.3 Å². The van der Waals surface area contributed by atoms with Gasteiger partial charge in [0, 0.05) is 12.6 Å². The highest BCUT2D eigenvalue weighted by atomic mass is 16.4. The minimum Gasteiger partial charge on any atom is -0.481 e. The third-order valence-corrected chi connectivity index (χ3v) is 4.37. The molecule has 1 aromatic rings. The van der Waals surface area contributed by atoms with Crippen LogP contribution < -0.4 is 0 Å². The molecule has 1 N–H and O–H groups in total. The van der Waals surface area contributed by atoms with Gasteiger partial charge in [-0.05, 0) is 24.3 Å². The fourth-order valence-corrected chi connectivity index (χ4v) is 3.01. The van der Waals surface area contributed by atoms with E-state index < -0.39 is 11.9 Å². The van der Waals surface area contributed by atoms with Crippen molar-refractivity contribution in [1.82, 2.24) is 9.78 Å². The van der Waals surface area contributed by atoms with Gasteiger partial charge >= 0.3 is 5.97 Å². The number of rotatable bonds is 4. The lowest BCUT2D eigenvalue weighted by Crippen LogP contribution is -2.30. The highest BCUT2D eigenvalue weighted by Gasteiger charge is 2.32. The van der Waals surface area contributed by atoms with Crippen molar-refractivity contribution in [2.75, 3.05) is 0 Å². The highest BCUT2D eigenvalue weighted by Crippen LogP contribution is 2.30. The number of nitrogens with zero attached hydrogens (tertiary/aromatic N) is 2. The van der Waals surface area contributed by atoms with Gasteiger partial charge in [0.25, 0.3) is 0 Å². The monoisotopic (exact) mass is 278 g/mol. The minimum absolute atomic E-state index is 0.250. The standard InChI is InChI=1S/C16H26N2O2/c1-16(2,3)14(15(19)20)11-12-9-10-18(17-12)13-7-5-4-6-8-13/h9-10,13-14H,4-8,11H2,1-3H3,(H,19,20). The number of carboxylic acids is 1. The average Bonchev–Trinajstić information content (AvgIpc) is 2.84. The highest BCUT2D eigenvalue weighted by molar-refractivity contribution is 5.71. The molecule has 0 bridgehead atoms. The summed E-state index contributed by atoms with van der Waals surface area (Å²) >= 11 is 0. The number of aliphatic carboxylic acids is 1. The van der Waals surface area contributed by atoms with Crippen LogP contribution in [-0.4, -0.2) is 20.9 Å². The molecule has 1 saturated carbocycles. The Balaban J connectivity index is 2.06. The van der Waals surface area contributed by atoms with E-state index in [1.807, 2.05) is 33.0 Å². The van der Waals surface area contributed by atoms with E-state index in [4.69, 9.17) is 0 Å². The fraction of sp³-hybridized carbons (Fsp3) is 0.750. The molecule has 112 valence electrons. The first-order chi connectivity index (χ1) is 9.38. The maximum atomic E-state index is 11.4. The summed E-state index contributed by atoms with van der Waals surface area (Å²) in [5.41, 5.74) is 0.651. The van der Waals surface area contributed by atoms with Crippen LogP contribution in [0.4, 0.5) is 0 Å². The molecule has 1 aliphatic rings. The first-order valence-electron chi connectivity index (χ1n) is 7.65. The molecule has 1 heterocycles. The molecule has 4 heteroatoms. The van der Waals surface area contributed by atoms with Crippen LogP contribution in [0.2, 0.25) is 0 Å². The average molecular weight is 278 g/mol. The van der Waals surface area contributed by atoms with E-state index in [1.54, 1.807) is 0 Å². The van der Waals surface area contributed by atoms with Crippen LogP contribution in [-0.2, 0) is 11.2 Å². The van der Waals surface area contributed by atoms with Gasteiger partial charge in [-0.3, -0.25) is 9.48 Å². The molecule has 20 heavy (non-hydrogen) atoms. The Morgan fingerprint density at radius 2 is 2.05 bits per heavy atom. The Hall–Kier alpha value is -1.32. The molecular formula is C16H26N2O2. The number of carboxylic acid groups (broad SMARTS) is 1. The van der Waals surface area contributed by atoms with Crippen molar-refractivity contribution in [3.63, 3.8) is 0 Å². The zero-order valence-electron chi connectivity index (χ0n) is 12.8. The summed E-state index contributed by atoms with van der Waals surface area (Å²) in [6.45, 7) is 5.93. The van der Waals surface area contributed by atoms with Gasteiger partial charge in [0.1, 0.15) is 0 Å². The summed E-state index contributed by atoms with van der Waals surface area (Å²) in [5, 5.41) is 14.0. The second-order valence-corrected chi connectivity index (χ2v) is 7.04. The van der Waals surface area contributed by atoms with Gasteiger partial charge in [0.05, 0.1) is 17.7 Å². The molecule has 1 atom stereocenters. The van der Waals surface area contributed by atoms with Crippen LogP contribution in [0.25, 0.3) is 0 Å². The molecule has 0 radical (unpaired) electrons. The van der Waals surface area contributed by atoms with Gasteiger partial charge < -0.3 is 5.11 Å². The van der Waals surface area contributed by atoms with Crippen molar-refractivity contribution < 1.29 is 9.90 Å². The summed E-state index contributed by atoms with van der Waals surface area (Å²) in [7, 11) is 0. The van der Waals surface area contributed by atoms with Crippen molar-refractivity contribution >= 4 is 5.97 Å². The van der Waals surface area contributed by atoms with Crippen LogP contribution in [0.3, 0.4) is 0 Å². The van der Waals surface area contributed by atoms with Crippen LogP contribution >= 0.6 is 0 Å². The smallest absolute Gasteiger partial charge is 0.307 e. The molecule has 2 rings (SSSR count). The molecule has 1 aromatic heterocycles. The summed E-state index contributed by atoms with van der Waals surface area (Å²) in [4.78, 5) is 11.4. The zero-order valence-corrected chi connectivity index (χ0v) is 12.8. The quantitative estimate of drug-likeness (QED) is 0.914. The largest absolute Gasteiger partial charge is 0.481 e. The number of hydrogen-bond acceptors (Lipinski definition) is 2. The lowest BCUT2D eigenvalue weighted by atomic mass is 9.78. The zero-order chi connectivity index (χ0) is 14.8. The van der Waals surface area contributed by atoms with Crippen molar-refractivity contribution in [2.45, 2.75) is 65.3 Å². The minimum atomic E-state index is -0.732. The predicted molar refractivity (Wildman–Crippen MR) is 78.6 cm³/mol. The molecule has 0 saturated heterocycles. The third kappa shape index (κ3) is 3.62. The van der Waals surface area contributed by atoms with Gasteiger partial charge in [-0.15, -0.1) is 0 Å². The maximum absolute atomic E-state index is 11.4. The Labute approximate surface area is 121 Å². The molecule has 1 aliphatic carbocycles. The lowest BCUT2D eigenvalue weighted by Gasteiger charge is -2.26. The Morgan fingerprint density at radius 1 is 1.40 bits per heavy atom. The second kappa shape index (κ2) is 5.98. The van der Waals surface area contributed by atoms with Crippen molar-refractivity contribution in [3.8, 4) is 0 Å². The van der Waals surface area contributed by atoms with Crippen molar-refractivity contribution in [1.29, 1.82) is 0 Å². The van der Waals surface area contributed by atoms with Crippen molar-refractivity contribution in [3.05, 3.63) is 18.0 Å². The molecule has 1 unspecified atom stereocenters. The van der Waals surface area contributed by atoms with E-state index in [-0.39, 0.29) is 5.41 Å². The first-order valence-corrected chi connectivity index (χ1v) is 7.65. The van der Waals surface area contributed by atoms with E-state index in [0.717, 1.165) is 5.69 Å². The van der Waals surface area contributed by atoms with Crippen LogP contribution in [0.5, 0.6) is 0 Å². The van der Waals surface area contributed by atoms with Crippen LogP contribution in [0.15, 0.2) is 12.3 Å². The molecule has 0 aromatic carbocycles. The topological polar surface area (TPSA) is 55.1 Å². The van der Waals surface area contributed by atoms with E-state index in [1.165, 1.54) is 32.1 Å². The molecule has 4 nitrogen and oxygen atoms in total. The molecule has 1 fully saturated rings. The van der Waals surface area contributed by atoms with Gasteiger partial charge in [-0.1, -0.05) is 40.0 Å². The molecule has 0 amide bonds. The normalized spacial score (nSPS) is 18.9. The fourth-order valence-electron chi connectivity index (χ4n) is 3.01. The lowest BCUT2D eigenvalue weighted by molar-refractivity contribution is -0.145. The third-order valence-electron chi connectivity index (χ3n) is 4.37. The summed E-state index contributed by atoms with van der Waals surface area (Å²) in [6, 6.07) is 2.49. The van der Waals surface area contributed by atoms with E-state index in [2.05, 4.69) is 9.78 Å². The number of aromatic nitrogens is 2. The Morgan fingerprint density at radius 3 is 2.60 bits per heavy atom. The van der Waals surface area contributed by atoms with E-state index in [0.29, 0.717) is 12.5 Å². The number of hydrogen-bond donors (Lipinski definition) is 1. The first kappa shape index (κ1) is 15.1. The van der Waals surface area contributed by atoms with Crippen LogP contribution in [0.1, 0.15) is 64.6 Å². The van der Waals surface area contributed by atoms with E-state index >= 15 is 0 Å². The van der Waals surface area contributed by atoms with Gasteiger partial charge in [0.15, 0.2) is 0 Å². The molecular weight excluding hydrogens is 252 g/mol. The number of carbonyl (C=O) groups is 1. The van der Waals surface area contributed by atoms with Gasteiger partial charge in [-0.2, -0.15) is 5.10 Å². The Bertz CT molecular complexity index is 453. The maximum Gasteiger partial charge on any atom is 0.307 e. The van der Waals surface area contributed by atoms with Gasteiger partial charge in [0.2, 0.25) is 0 Å². The molecule has 0 spiro atoms. The SMILES string of the molecule is CC(C)(C)C(Cc1ccn(C2CCCCC2)n1)C(=O)O. The van der Waals surface area contributed by atoms with Gasteiger partial charge in [-0.25, -0.2) is 0 Å². The summed E-state index contributed by atoms with van der Waals surface area (Å²) < 4.78 is 2.05. The van der Waals surface area contributed by atoms with Crippen LogP contribution in [0, 0.1) is 11.3 Å². The summed E-state index contributed by atoms with van der Waals surface area (Å²) in [5.74, 6) is -1.12. The predicted octanol–water partition coefficient (Wildman–Crippen LogP) is 3.68. The second-order valence-electron chi connectivity index (χ2n) is 7.04. The Kier molecular flexibility index (Phi) is 4.51. The summed E-state index contributed by atoms with van der Waals surface area (Å²) in [6.07, 6.45) is 8.81.